The Morgan fingerprint density at radius 3 is 2.88 bits per heavy atom. The zero-order valence-corrected chi connectivity index (χ0v) is 11.1. The van der Waals surface area contributed by atoms with Crippen molar-refractivity contribution in [1.82, 2.24) is 5.32 Å². The smallest absolute Gasteiger partial charge is 0.152 e. The maximum atomic E-state index is 6.08. The number of rotatable bonds is 5. The lowest BCUT2D eigenvalue weighted by molar-refractivity contribution is 0.469. The molecule has 0 amide bonds. The van der Waals surface area contributed by atoms with Gasteiger partial charge in [-0.05, 0) is 32.0 Å². The lowest BCUT2D eigenvalue weighted by atomic mass is 10.1. The molecule has 1 unspecified atom stereocenters. The van der Waals surface area contributed by atoms with E-state index in [4.69, 9.17) is 16.0 Å². The van der Waals surface area contributed by atoms with Crippen molar-refractivity contribution in [3.8, 4) is 0 Å². The van der Waals surface area contributed by atoms with Crippen molar-refractivity contribution in [2.75, 3.05) is 7.05 Å². The van der Waals surface area contributed by atoms with E-state index in [0.29, 0.717) is 11.1 Å². The minimum Gasteiger partial charge on any atom is -0.460 e. The summed E-state index contributed by atoms with van der Waals surface area (Å²) in [5.41, 5.74) is 0.807. The first kappa shape index (κ1) is 12.5. The highest BCUT2D eigenvalue weighted by Crippen LogP contribution is 2.27. The predicted molar refractivity (Wildman–Crippen MR) is 72.7 cm³/mol. The first-order chi connectivity index (χ1) is 8.24. The van der Waals surface area contributed by atoms with Crippen molar-refractivity contribution in [2.45, 2.75) is 32.2 Å². The molecule has 0 aliphatic carbocycles. The van der Waals surface area contributed by atoms with Crippen LogP contribution in [0.5, 0.6) is 0 Å². The Balaban J connectivity index is 2.12. The Kier molecular flexibility index (Phi) is 4.08. The molecule has 0 aliphatic rings. The molecule has 0 fully saturated rings. The number of para-hydroxylation sites is 1. The van der Waals surface area contributed by atoms with Crippen LogP contribution in [0.2, 0.25) is 5.02 Å². The number of hydrogen-bond donors (Lipinski definition) is 1. The average Bonchev–Trinajstić information content (AvgIpc) is 2.75. The summed E-state index contributed by atoms with van der Waals surface area (Å²) < 4.78 is 5.78. The fourth-order valence-electron chi connectivity index (χ4n) is 2.07. The molecule has 0 saturated carbocycles. The average molecular weight is 252 g/mol. The fourth-order valence-corrected chi connectivity index (χ4v) is 2.29. The Labute approximate surface area is 107 Å². The van der Waals surface area contributed by atoms with Gasteiger partial charge in [-0.3, -0.25) is 0 Å². The second-order valence-electron chi connectivity index (χ2n) is 4.30. The van der Waals surface area contributed by atoms with Crippen LogP contribution in [0.1, 0.15) is 25.5 Å². The van der Waals surface area contributed by atoms with Gasteiger partial charge in [0.1, 0.15) is 5.76 Å². The maximum Gasteiger partial charge on any atom is 0.152 e. The van der Waals surface area contributed by atoms with Gasteiger partial charge < -0.3 is 9.73 Å². The molecular weight excluding hydrogens is 234 g/mol. The molecule has 2 aromatic rings. The standard InChI is InChI=1S/C14H18ClNO/c1-3-11(16-2)7-8-12-9-10-5-4-6-13(15)14(10)17-12/h4-6,9,11,16H,3,7-8H2,1-2H3. The van der Waals surface area contributed by atoms with Gasteiger partial charge in [-0.15, -0.1) is 0 Å². The molecule has 2 rings (SSSR count). The highest BCUT2D eigenvalue weighted by Gasteiger charge is 2.09. The van der Waals surface area contributed by atoms with Crippen LogP contribution in [0.4, 0.5) is 0 Å². The summed E-state index contributed by atoms with van der Waals surface area (Å²) in [6.07, 6.45) is 3.17. The largest absolute Gasteiger partial charge is 0.460 e. The van der Waals surface area contributed by atoms with E-state index < -0.39 is 0 Å². The van der Waals surface area contributed by atoms with Gasteiger partial charge >= 0.3 is 0 Å². The van der Waals surface area contributed by atoms with Crippen molar-refractivity contribution in [1.29, 1.82) is 0 Å². The second kappa shape index (κ2) is 5.56. The summed E-state index contributed by atoms with van der Waals surface area (Å²) in [7, 11) is 2.00. The van der Waals surface area contributed by atoms with E-state index in [1.165, 1.54) is 0 Å². The third-order valence-corrected chi connectivity index (χ3v) is 3.48. The zero-order chi connectivity index (χ0) is 12.3. The van der Waals surface area contributed by atoms with Gasteiger partial charge in [-0.25, -0.2) is 0 Å². The molecule has 0 saturated heterocycles. The second-order valence-corrected chi connectivity index (χ2v) is 4.71. The van der Waals surface area contributed by atoms with Crippen LogP contribution in [0.15, 0.2) is 28.7 Å². The summed E-state index contributed by atoms with van der Waals surface area (Å²) in [4.78, 5) is 0. The van der Waals surface area contributed by atoms with E-state index in [9.17, 15) is 0 Å². The molecule has 3 heteroatoms. The van der Waals surface area contributed by atoms with E-state index in [0.717, 1.165) is 36.0 Å². The van der Waals surface area contributed by atoms with E-state index in [1.807, 2.05) is 25.2 Å². The number of fused-ring (bicyclic) bond motifs is 1. The van der Waals surface area contributed by atoms with Gasteiger partial charge in [-0.2, -0.15) is 0 Å². The monoisotopic (exact) mass is 251 g/mol. The van der Waals surface area contributed by atoms with E-state index in [1.54, 1.807) is 0 Å². The molecule has 2 nitrogen and oxygen atoms in total. The molecule has 0 bridgehead atoms. The van der Waals surface area contributed by atoms with Crippen molar-refractivity contribution in [3.63, 3.8) is 0 Å². The third kappa shape index (κ3) is 2.82. The molecule has 1 heterocycles. The van der Waals surface area contributed by atoms with Gasteiger partial charge in [0, 0.05) is 17.8 Å². The summed E-state index contributed by atoms with van der Waals surface area (Å²) >= 11 is 6.08. The Morgan fingerprint density at radius 2 is 2.24 bits per heavy atom. The van der Waals surface area contributed by atoms with Crippen LogP contribution in [0, 0.1) is 0 Å². The van der Waals surface area contributed by atoms with Gasteiger partial charge in [-0.1, -0.05) is 30.7 Å². The number of benzene rings is 1. The molecule has 1 aromatic heterocycles. The molecule has 0 spiro atoms. The van der Waals surface area contributed by atoms with Crippen LogP contribution in [0.3, 0.4) is 0 Å². The van der Waals surface area contributed by atoms with Crippen LogP contribution < -0.4 is 5.32 Å². The van der Waals surface area contributed by atoms with Crippen LogP contribution in [0.25, 0.3) is 11.0 Å². The quantitative estimate of drug-likeness (QED) is 0.868. The van der Waals surface area contributed by atoms with Gasteiger partial charge in [0.25, 0.3) is 0 Å². The van der Waals surface area contributed by atoms with Crippen molar-refractivity contribution in [2.24, 2.45) is 0 Å². The summed E-state index contributed by atoms with van der Waals surface area (Å²) in [6, 6.07) is 8.48. The first-order valence-electron chi connectivity index (χ1n) is 6.08. The molecule has 17 heavy (non-hydrogen) atoms. The molecule has 0 radical (unpaired) electrons. The SMILES string of the molecule is CCC(CCc1cc2cccc(Cl)c2o1)NC. The Morgan fingerprint density at radius 1 is 1.41 bits per heavy atom. The van der Waals surface area contributed by atoms with Crippen molar-refractivity contribution < 1.29 is 4.42 Å². The summed E-state index contributed by atoms with van der Waals surface area (Å²) in [6.45, 7) is 2.19. The normalized spacial score (nSPS) is 13.1. The molecule has 92 valence electrons. The van der Waals surface area contributed by atoms with Crippen LogP contribution >= 0.6 is 11.6 Å². The van der Waals surface area contributed by atoms with Gasteiger partial charge in [0.2, 0.25) is 0 Å². The van der Waals surface area contributed by atoms with E-state index >= 15 is 0 Å². The first-order valence-corrected chi connectivity index (χ1v) is 6.46. The number of aryl methyl sites for hydroxylation is 1. The molecule has 1 N–H and O–H groups in total. The minimum absolute atomic E-state index is 0.554. The van der Waals surface area contributed by atoms with Crippen LogP contribution in [-0.2, 0) is 6.42 Å². The fraction of sp³-hybridized carbons (Fsp3) is 0.429. The highest BCUT2D eigenvalue weighted by molar-refractivity contribution is 6.34. The maximum absolute atomic E-state index is 6.08. The third-order valence-electron chi connectivity index (χ3n) is 3.19. The van der Waals surface area contributed by atoms with E-state index in [2.05, 4.69) is 18.3 Å². The topological polar surface area (TPSA) is 25.2 Å². The number of hydrogen-bond acceptors (Lipinski definition) is 2. The number of nitrogens with one attached hydrogen (secondary N) is 1. The van der Waals surface area contributed by atoms with Crippen molar-refractivity contribution >= 4 is 22.6 Å². The minimum atomic E-state index is 0.554. The van der Waals surface area contributed by atoms with Gasteiger partial charge in [0.05, 0.1) is 5.02 Å². The summed E-state index contributed by atoms with van der Waals surface area (Å²) in [5.74, 6) is 1.02. The zero-order valence-electron chi connectivity index (χ0n) is 10.3. The van der Waals surface area contributed by atoms with E-state index in [-0.39, 0.29) is 0 Å². The Bertz CT molecular complexity index is 488. The molecule has 1 aromatic carbocycles. The van der Waals surface area contributed by atoms with Gasteiger partial charge in [0.15, 0.2) is 5.58 Å². The molecule has 1 atom stereocenters. The number of furan rings is 1. The lowest BCUT2D eigenvalue weighted by Gasteiger charge is -2.11. The van der Waals surface area contributed by atoms with Crippen molar-refractivity contribution in [3.05, 3.63) is 35.0 Å². The number of halogens is 1. The molecule has 0 aliphatic heterocycles. The highest BCUT2D eigenvalue weighted by atomic mass is 35.5. The lowest BCUT2D eigenvalue weighted by Crippen LogP contribution is -2.24. The van der Waals surface area contributed by atoms with Crippen LogP contribution in [-0.4, -0.2) is 13.1 Å². The molecular formula is C14H18ClNO. The summed E-state index contributed by atoms with van der Waals surface area (Å²) in [5, 5.41) is 5.08. The Hall–Kier alpha value is -0.990. The predicted octanol–water partition coefficient (Wildman–Crippen LogP) is 4.02.